The molecule has 0 spiro atoms. The van der Waals surface area contributed by atoms with Gasteiger partial charge in [0.15, 0.2) is 21.3 Å². The first-order chi connectivity index (χ1) is 22.5. The number of pyridine rings is 1. The highest BCUT2D eigenvalue weighted by atomic mass is 32.2. The van der Waals surface area contributed by atoms with Crippen molar-refractivity contribution in [3.63, 3.8) is 0 Å². The molecule has 47 heavy (non-hydrogen) atoms. The summed E-state index contributed by atoms with van der Waals surface area (Å²) in [6, 6.07) is 24.0. The molecule has 240 valence electrons. The zero-order valence-corrected chi connectivity index (χ0v) is 27.1. The molecule has 3 aromatic carbocycles. The summed E-state index contributed by atoms with van der Waals surface area (Å²) >= 11 is 0. The number of sulfone groups is 1. The fraction of sp³-hybridized carbons (Fsp3) is 0.229. The van der Waals surface area contributed by atoms with E-state index < -0.39 is 9.84 Å². The molecule has 0 unspecified atom stereocenters. The minimum Gasteiger partial charge on any atom is -0.368 e. The second kappa shape index (κ2) is 12.8. The lowest BCUT2D eigenvalue weighted by atomic mass is 10.1. The van der Waals surface area contributed by atoms with Gasteiger partial charge < -0.3 is 15.1 Å². The summed E-state index contributed by atoms with van der Waals surface area (Å²) in [5.41, 5.74) is 4.47. The van der Waals surface area contributed by atoms with Crippen LogP contribution in [0, 0.1) is 6.92 Å². The third kappa shape index (κ3) is 6.77. The van der Waals surface area contributed by atoms with Crippen molar-refractivity contribution in [3.05, 3.63) is 118 Å². The quantitative estimate of drug-likeness (QED) is 0.248. The van der Waals surface area contributed by atoms with Gasteiger partial charge in [0.2, 0.25) is 5.95 Å². The maximum atomic E-state index is 13.2. The number of piperazine rings is 1. The van der Waals surface area contributed by atoms with E-state index in [0.29, 0.717) is 41.5 Å². The van der Waals surface area contributed by atoms with Crippen LogP contribution in [0.5, 0.6) is 0 Å². The van der Waals surface area contributed by atoms with Crippen LogP contribution in [0.2, 0.25) is 0 Å². The fourth-order valence-electron chi connectivity index (χ4n) is 5.61. The van der Waals surface area contributed by atoms with E-state index in [2.05, 4.69) is 15.1 Å². The molecule has 1 aliphatic heterocycles. The Balaban J connectivity index is 1.19. The van der Waals surface area contributed by atoms with Gasteiger partial charge in [0.25, 0.3) is 11.5 Å². The minimum atomic E-state index is -3.30. The molecule has 11 nitrogen and oxygen atoms in total. The van der Waals surface area contributed by atoms with E-state index in [1.807, 2.05) is 31.2 Å². The normalized spacial score (nSPS) is 13.5. The molecular formula is C35H34N6O5S. The smallest absolute Gasteiger partial charge is 0.256 e. The number of benzene rings is 3. The number of nitrogens with one attached hydrogen (secondary N) is 1. The lowest BCUT2D eigenvalue weighted by molar-refractivity contribution is 0.0950. The second-order valence-corrected chi connectivity index (χ2v) is 13.6. The van der Waals surface area contributed by atoms with Crippen molar-refractivity contribution >= 4 is 44.2 Å². The third-order valence-corrected chi connectivity index (χ3v) is 9.45. The van der Waals surface area contributed by atoms with Crippen LogP contribution in [0.4, 0.5) is 11.6 Å². The van der Waals surface area contributed by atoms with Crippen molar-refractivity contribution in [2.45, 2.75) is 25.3 Å². The summed E-state index contributed by atoms with van der Waals surface area (Å²) in [4.78, 5) is 52.0. The summed E-state index contributed by atoms with van der Waals surface area (Å²) < 4.78 is 24.9. The Kier molecular flexibility index (Phi) is 8.61. The maximum Gasteiger partial charge on any atom is 0.256 e. The summed E-state index contributed by atoms with van der Waals surface area (Å²) in [5.74, 6) is 0.281. The highest BCUT2D eigenvalue weighted by Crippen LogP contribution is 2.24. The fourth-order valence-corrected chi connectivity index (χ4v) is 6.24. The lowest BCUT2D eigenvalue weighted by Gasteiger charge is -2.36. The molecule has 6 rings (SSSR count). The highest BCUT2D eigenvalue weighted by molar-refractivity contribution is 7.90. The van der Waals surface area contributed by atoms with Gasteiger partial charge in [-0.15, -0.1) is 0 Å². The summed E-state index contributed by atoms with van der Waals surface area (Å²) in [6.45, 7) is 6.55. The zero-order valence-electron chi connectivity index (χ0n) is 26.3. The average molecular weight is 651 g/mol. The van der Waals surface area contributed by atoms with Gasteiger partial charge in [-0.25, -0.2) is 13.4 Å². The van der Waals surface area contributed by atoms with Crippen LogP contribution in [0.1, 0.15) is 38.9 Å². The first kappa shape index (κ1) is 31.6. The first-order valence-corrected chi connectivity index (χ1v) is 17.1. The molecule has 12 heteroatoms. The first-order valence-electron chi connectivity index (χ1n) is 15.2. The van der Waals surface area contributed by atoms with Crippen LogP contribution >= 0.6 is 0 Å². The predicted octanol–water partition coefficient (Wildman–Crippen LogP) is 3.95. The molecule has 1 N–H and O–H groups in total. The Morgan fingerprint density at radius 1 is 0.766 bits per heavy atom. The number of anilines is 2. The zero-order chi connectivity index (χ0) is 33.3. The van der Waals surface area contributed by atoms with Crippen LogP contribution < -0.4 is 20.7 Å². The molecule has 0 aliphatic carbocycles. The SMILES string of the molecule is CC(=O)c1ccc(N2CCN(c3nc(C)c4ccc(=O)n(-c5ccc(C(=O)NCc6ccc(S(C)(=O)=O)cc6)cc5)c4n3)CC2)cc1. The number of ketones is 1. The number of hydrogen-bond donors (Lipinski definition) is 1. The van der Waals surface area contributed by atoms with Gasteiger partial charge in [-0.3, -0.25) is 19.0 Å². The summed E-state index contributed by atoms with van der Waals surface area (Å²) in [7, 11) is -3.30. The van der Waals surface area contributed by atoms with E-state index in [1.54, 1.807) is 49.4 Å². The summed E-state index contributed by atoms with van der Waals surface area (Å²) in [5, 5.41) is 3.60. The number of Topliss-reactive ketones (excluding diaryl/α,β-unsaturated/α-hetero) is 1. The van der Waals surface area contributed by atoms with E-state index in [1.165, 1.54) is 22.8 Å². The van der Waals surface area contributed by atoms with Crippen LogP contribution in [0.25, 0.3) is 16.7 Å². The van der Waals surface area contributed by atoms with Gasteiger partial charge in [-0.05, 0) is 86.1 Å². The molecule has 1 fully saturated rings. The number of amides is 1. The van der Waals surface area contributed by atoms with E-state index in [9.17, 15) is 22.8 Å². The molecule has 1 aliphatic rings. The molecule has 2 aromatic heterocycles. The molecule has 0 atom stereocenters. The average Bonchev–Trinajstić information content (AvgIpc) is 3.07. The Labute approximate surface area is 272 Å². The number of fused-ring (bicyclic) bond motifs is 1. The van der Waals surface area contributed by atoms with Gasteiger partial charge in [0, 0.05) is 67.2 Å². The molecule has 1 amide bonds. The van der Waals surface area contributed by atoms with Gasteiger partial charge in [0.1, 0.15) is 0 Å². The van der Waals surface area contributed by atoms with Crippen molar-refractivity contribution in [2.24, 2.45) is 0 Å². The van der Waals surface area contributed by atoms with Crippen LogP contribution in [0.3, 0.4) is 0 Å². The number of carbonyl (C=O) groups excluding carboxylic acids is 2. The maximum absolute atomic E-state index is 13.2. The van der Waals surface area contributed by atoms with Gasteiger partial charge in [-0.1, -0.05) is 12.1 Å². The molecule has 5 aromatic rings. The van der Waals surface area contributed by atoms with Gasteiger partial charge in [0.05, 0.1) is 16.3 Å². The van der Waals surface area contributed by atoms with Gasteiger partial charge >= 0.3 is 0 Å². The lowest BCUT2D eigenvalue weighted by Crippen LogP contribution is -2.47. The number of nitrogens with zero attached hydrogens (tertiary/aromatic N) is 5. The molecule has 0 saturated carbocycles. The predicted molar refractivity (Wildman–Crippen MR) is 181 cm³/mol. The van der Waals surface area contributed by atoms with E-state index in [4.69, 9.17) is 9.97 Å². The van der Waals surface area contributed by atoms with Crippen molar-refractivity contribution < 1.29 is 18.0 Å². The Morgan fingerprint density at radius 3 is 1.98 bits per heavy atom. The minimum absolute atomic E-state index is 0.0401. The highest BCUT2D eigenvalue weighted by Gasteiger charge is 2.22. The topological polar surface area (TPSA) is 135 Å². The Morgan fingerprint density at radius 2 is 1.36 bits per heavy atom. The van der Waals surface area contributed by atoms with Crippen LogP contribution in [-0.2, 0) is 16.4 Å². The largest absolute Gasteiger partial charge is 0.368 e. The Bertz CT molecular complexity index is 2140. The number of aromatic nitrogens is 3. The molecule has 1 saturated heterocycles. The number of rotatable bonds is 8. The van der Waals surface area contributed by atoms with Crippen LogP contribution in [-0.4, -0.2) is 67.1 Å². The molecule has 0 bridgehead atoms. The monoisotopic (exact) mass is 650 g/mol. The second-order valence-electron chi connectivity index (χ2n) is 11.6. The molecular weight excluding hydrogens is 616 g/mol. The van der Waals surface area contributed by atoms with Crippen molar-refractivity contribution in [1.82, 2.24) is 19.9 Å². The standard InChI is InChI=1S/C35H34N6O5S/c1-23-31-16-17-32(43)41(29-12-8-27(9-13-29)34(44)36-22-25-4-14-30(15-5-25)47(3,45)46)33(31)38-35(37-23)40-20-18-39(19-21-40)28-10-6-26(7-11-28)24(2)42/h4-17H,18-22H2,1-3H3,(H,36,44). The summed E-state index contributed by atoms with van der Waals surface area (Å²) in [6.07, 6.45) is 1.15. The van der Waals surface area contributed by atoms with Gasteiger partial charge in [-0.2, -0.15) is 4.98 Å². The van der Waals surface area contributed by atoms with Crippen molar-refractivity contribution in [2.75, 3.05) is 42.2 Å². The van der Waals surface area contributed by atoms with Crippen LogP contribution in [0.15, 0.2) is 94.6 Å². The number of aryl methyl sites for hydroxylation is 1. The third-order valence-electron chi connectivity index (χ3n) is 8.32. The molecule has 3 heterocycles. The van der Waals surface area contributed by atoms with E-state index in [-0.39, 0.29) is 28.7 Å². The Hall–Kier alpha value is -5.36. The molecule has 0 radical (unpaired) electrons. The van der Waals surface area contributed by atoms with Crippen molar-refractivity contribution in [3.8, 4) is 5.69 Å². The van der Waals surface area contributed by atoms with Crippen molar-refractivity contribution in [1.29, 1.82) is 0 Å². The van der Waals surface area contributed by atoms with E-state index in [0.717, 1.165) is 41.7 Å². The number of hydrogen-bond acceptors (Lipinski definition) is 9. The van der Waals surface area contributed by atoms with E-state index >= 15 is 0 Å². The number of carbonyl (C=O) groups is 2.